The molecular formula is C22H30N4OS. The Morgan fingerprint density at radius 1 is 1.04 bits per heavy atom. The third-order valence-corrected chi connectivity index (χ3v) is 6.41. The zero-order valence-corrected chi connectivity index (χ0v) is 17.3. The predicted molar refractivity (Wildman–Crippen MR) is 117 cm³/mol. The minimum Gasteiger partial charge on any atom is -0.355 e. The molecule has 0 bridgehead atoms. The first-order valence-corrected chi connectivity index (χ1v) is 11.3. The van der Waals surface area contributed by atoms with Crippen molar-refractivity contribution in [1.29, 1.82) is 0 Å². The zero-order valence-electron chi connectivity index (χ0n) is 16.5. The number of hydrogen-bond acceptors (Lipinski definition) is 3. The van der Waals surface area contributed by atoms with E-state index < -0.39 is 10.8 Å². The van der Waals surface area contributed by atoms with Crippen LogP contribution in [0, 0.1) is 0 Å². The molecule has 28 heavy (non-hydrogen) atoms. The van der Waals surface area contributed by atoms with E-state index in [1.807, 2.05) is 30.3 Å². The summed E-state index contributed by atoms with van der Waals surface area (Å²) in [5, 5.41) is 6.75. The molecule has 0 aliphatic carbocycles. The maximum atomic E-state index is 12.3. The van der Waals surface area contributed by atoms with E-state index in [1.54, 1.807) is 7.05 Å². The van der Waals surface area contributed by atoms with Crippen molar-refractivity contribution in [3.63, 3.8) is 0 Å². The number of hydrogen-bond donors (Lipinski definition) is 2. The lowest BCUT2D eigenvalue weighted by Crippen LogP contribution is -2.43. The van der Waals surface area contributed by atoms with E-state index in [4.69, 9.17) is 0 Å². The molecule has 3 rings (SSSR count). The topological polar surface area (TPSA) is 56.7 Å². The Bertz CT molecular complexity index is 761. The summed E-state index contributed by atoms with van der Waals surface area (Å²) < 4.78 is 12.3. The van der Waals surface area contributed by atoms with Crippen LogP contribution >= 0.6 is 0 Å². The molecule has 0 radical (unpaired) electrons. The number of likely N-dealkylation sites (tertiary alicyclic amines) is 1. The van der Waals surface area contributed by atoms with Gasteiger partial charge >= 0.3 is 0 Å². The SMILES string of the molecule is CN=C(NCCS(=O)c1ccccc1)NCC(c1ccccc1)N1CCCC1. The second-order valence-electron chi connectivity index (χ2n) is 6.91. The lowest BCUT2D eigenvalue weighted by molar-refractivity contribution is 0.245. The number of guanidine groups is 1. The zero-order chi connectivity index (χ0) is 19.6. The highest BCUT2D eigenvalue weighted by molar-refractivity contribution is 7.85. The number of nitrogens with one attached hydrogen (secondary N) is 2. The molecule has 0 spiro atoms. The second-order valence-corrected chi connectivity index (χ2v) is 8.48. The molecule has 1 aliphatic rings. The van der Waals surface area contributed by atoms with Crippen LogP contribution < -0.4 is 10.6 Å². The van der Waals surface area contributed by atoms with Crippen LogP contribution in [0.3, 0.4) is 0 Å². The van der Waals surface area contributed by atoms with Crippen LogP contribution in [-0.2, 0) is 10.8 Å². The van der Waals surface area contributed by atoms with Crippen molar-refractivity contribution < 1.29 is 4.21 Å². The smallest absolute Gasteiger partial charge is 0.191 e. The summed E-state index contributed by atoms with van der Waals surface area (Å²) in [6.45, 7) is 3.69. The average molecular weight is 399 g/mol. The van der Waals surface area contributed by atoms with Gasteiger partial charge in [0.05, 0.1) is 16.8 Å². The lowest BCUT2D eigenvalue weighted by atomic mass is 10.1. The molecule has 1 aliphatic heterocycles. The second kappa shape index (κ2) is 11.0. The van der Waals surface area contributed by atoms with Crippen LogP contribution in [0.15, 0.2) is 70.6 Å². The number of aliphatic imine (C=N–C) groups is 1. The summed E-state index contributed by atoms with van der Waals surface area (Å²) in [6, 6.07) is 20.6. The molecule has 2 unspecified atom stereocenters. The van der Waals surface area contributed by atoms with E-state index in [9.17, 15) is 4.21 Å². The fourth-order valence-electron chi connectivity index (χ4n) is 3.55. The van der Waals surface area contributed by atoms with Crippen LogP contribution in [0.2, 0.25) is 0 Å². The molecule has 5 nitrogen and oxygen atoms in total. The molecule has 2 aromatic carbocycles. The van der Waals surface area contributed by atoms with Gasteiger partial charge in [-0.15, -0.1) is 0 Å². The Morgan fingerprint density at radius 2 is 1.68 bits per heavy atom. The van der Waals surface area contributed by atoms with E-state index >= 15 is 0 Å². The summed E-state index contributed by atoms with van der Waals surface area (Å²) in [5.74, 6) is 1.31. The standard InChI is InChI=1S/C22H30N4OS/c1-23-22(24-14-17-28(27)20-12-6-3-7-13-20)25-18-21(26-15-8-9-16-26)19-10-4-2-5-11-19/h2-7,10-13,21H,8-9,14-18H2,1H3,(H2,23,24,25). The summed E-state index contributed by atoms with van der Waals surface area (Å²) in [4.78, 5) is 7.73. The van der Waals surface area contributed by atoms with Crippen molar-refractivity contribution in [3.05, 3.63) is 66.2 Å². The van der Waals surface area contributed by atoms with Gasteiger partial charge in [0.1, 0.15) is 0 Å². The molecular weight excluding hydrogens is 368 g/mol. The summed E-state index contributed by atoms with van der Waals surface area (Å²) in [7, 11) is 0.775. The molecule has 0 saturated carbocycles. The summed E-state index contributed by atoms with van der Waals surface area (Å²) in [6.07, 6.45) is 2.53. The maximum Gasteiger partial charge on any atom is 0.191 e. The van der Waals surface area contributed by atoms with E-state index in [2.05, 4.69) is 50.9 Å². The molecule has 2 N–H and O–H groups in total. The minimum absolute atomic E-state index is 0.334. The Kier molecular flexibility index (Phi) is 8.06. The van der Waals surface area contributed by atoms with E-state index in [-0.39, 0.29) is 0 Å². The van der Waals surface area contributed by atoms with E-state index in [0.717, 1.165) is 30.5 Å². The predicted octanol–water partition coefficient (Wildman–Crippen LogP) is 2.80. The fraction of sp³-hybridized carbons (Fsp3) is 0.409. The first-order valence-electron chi connectivity index (χ1n) is 9.95. The molecule has 1 fully saturated rings. The Morgan fingerprint density at radius 3 is 2.32 bits per heavy atom. The lowest BCUT2D eigenvalue weighted by Gasteiger charge is -2.29. The van der Waals surface area contributed by atoms with Gasteiger partial charge in [-0.2, -0.15) is 0 Å². The highest BCUT2D eigenvalue weighted by Gasteiger charge is 2.23. The van der Waals surface area contributed by atoms with Gasteiger partial charge in [0.25, 0.3) is 0 Å². The molecule has 2 aromatic rings. The molecule has 150 valence electrons. The summed E-state index contributed by atoms with van der Waals surface area (Å²) >= 11 is 0. The Labute approximate surface area is 170 Å². The molecule has 2 atom stereocenters. The largest absolute Gasteiger partial charge is 0.355 e. The molecule has 6 heteroatoms. The van der Waals surface area contributed by atoms with Gasteiger partial charge in [-0.05, 0) is 43.6 Å². The van der Waals surface area contributed by atoms with Gasteiger partial charge in [-0.3, -0.25) is 14.1 Å². The van der Waals surface area contributed by atoms with Crippen molar-refractivity contribution in [2.75, 3.05) is 39.0 Å². The van der Waals surface area contributed by atoms with Crippen molar-refractivity contribution in [2.24, 2.45) is 4.99 Å². The number of benzene rings is 2. The van der Waals surface area contributed by atoms with Gasteiger partial charge in [0.15, 0.2) is 5.96 Å². The van der Waals surface area contributed by atoms with Gasteiger partial charge in [0, 0.05) is 30.8 Å². The molecule has 0 amide bonds. The minimum atomic E-state index is -1.000. The number of nitrogens with zero attached hydrogens (tertiary/aromatic N) is 2. The van der Waals surface area contributed by atoms with E-state index in [1.165, 1.54) is 18.4 Å². The normalized spacial score (nSPS) is 17.2. The third-order valence-electron chi connectivity index (χ3n) is 5.04. The Hall–Kier alpha value is -2.18. The van der Waals surface area contributed by atoms with Crippen LogP contribution in [0.5, 0.6) is 0 Å². The van der Waals surface area contributed by atoms with Crippen molar-refractivity contribution >= 4 is 16.8 Å². The van der Waals surface area contributed by atoms with Crippen LogP contribution in [0.25, 0.3) is 0 Å². The Balaban J connectivity index is 1.51. The molecule has 0 aromatic heterocycles. The highest BCUT2D eigenvalue weighted by atomic mass is 32.2. The fourth-order valence-corrected chi connectivity index (χ4v) is 4.54. The van der Waals surface area contributed by atoms with Crippen LogP contribution in [-0.4, -0.2) is 54.0 Å². The third kappa shape index (κ3) is 5.91. The molecule has 1 saturated heterocycles. The van der Waals surface area contributed by atoms with Crippen molar-refractivity contribution in [3.8, 4) is 0 Å². The monoisotopic (exact) mass is 398 g/mol. The maximum absolute atomic E-state index is 12.3. The van der Waals surface area contributed by atoms with Crippen LogP contribution in [0.4, 0.5) is 0 Å². The highest BCUT2D eigenvalue weighted by Crippen LogP contribution is 2.24. The van der Waals surface area contributed by atoms with Crippen LogP contribution in [0.1, 0.15) is 24.4 Å². The van der Waals surface area contributed by atoms with E-state index in [0.29, 0.717) is 18.3 Å². The number of rotatable bonds is 8. The van der Waals surface area contributed by atoms with Gasteiger partial charge in [0.2, 0.25) is 0 Å². The van der Waals surface area contributed by atoms with Gasteiger partial charge < -0.3 is 10.6 Å². The average Bonchev–Trinajstić information content (AvgIpc) is 3.28. The van der Waals surface area contributed by atoms with Crippen molar-refractivity contribution in [1.82, 2.24) is 15.5 Å². The van der Waals surface area contributed by atoms with Crippen molar-refractivity contribution in [2.45, 2.75) is 23.8 Å². The quantitative estimate of drug-likeness (QED) is 0.530. The van der Waals surface area contributed by atoms with Gasteiger partial charge in [-0.25, -0.2) is 0 Å². The summed E-state index contributed by atoms with van der Waals surface area (Å²) in [5.41, 5.74) is 1.33. The molecule has 1 heterocycles. The first kappa shape index (κ1) is 20.6. The first-order chi connectivity index (χ1) is 13.8. The van der Waals surface area contributed by atoms with Gasteiger partial charge in [-0.1, -0.05) is 48.5 Å².